The summed E-state index contributed by atoms with van der Waals surface area (Å²) in [4.78, 5) is 21.1. The highest BCUT2D eigenvalue weighted by Crippen LogP contribution is 2.35. The fourth-order valence-corrected chi connectivity index (χ4v) is 3.27. The van der Waals surface area contributed by atoms with Gasteiger partial charge in [-0.3, -0.25) is 4.79 Å². The summed E-state index contributed by atoms with van der Waals surface area (Å²) in [5, 5.41) is 6.33. The minimum Gasteiger partial charge on any atom is -0.347 e. The highest BCUT2D eigenvalue weighted by atomic mass is 16.1. The van der Waals surface area contributed by atoms with E-state index in [1.807, 2.05) is 42.5 Å². The van der Waals surface area contributed by atoms with E-state index in [0.29, 0.717) is 5.95 Å². The molecule has 1 heterocycles. The van der Waals surface area contributed by atoms with Gasteiger partial charge in [0.15, 0.2) is 0 Å². The van der Waals surface area contributed by atoms with E-state index in [4.69, 9.17) is 0 Å². The third kappa shape index (κ3) is 3.21. The number of fused-ring (bicyclic) bond motifs is 1. The Hall–Kier alpha value is -3.21. The molecule has 4 rings (SSSR count). The van der Waals surface area contributed by atoms with Gasteiger partial charge in [0, 0.05) is 23.6 Å². The maximum absolute atomic E-state index is 12.7. The normalized spacial score (nSPS) is 15.4. The second kappa shape index (κ2) is 6.73. The molecule has 0 unspecified atom stereocenters. The Balaban J connectivity index is 1.57. The number of carbonyl (C=O) groups excluding carboxylic acids is 1. The zero-order valence-corrected chi connectivity index (χ0v) is 13.6. The highest BCUT2D eigenvalue weighted by Gasteiger charge is 2.27. The minimum absolute atomic E-state index is 0.0698. The summed E-state index contributed by atoms with van der Waals surface area (Å²) < 4.78 is 0. The van der Waals surface area contributed by atoms with Crippen LogP contribution < -0.4 is 10.6 Å². The number of hydrogen-bond donors (Lipinski definition) is 2. The monoisotopic (exact) mass is 330 g/mol. The van der Waals surface area contributed by atoms with Crippen molar-refractivity contribution in [3.05, 3.63) is 83.7 Å². The number of amides is 1. The molecular weight excluding hydrogens is 312 g/mol. The molecular formula is C20H18N4O. The standard InChI is InChI=1S/C20H18N4O/c25-19(23-14-6-2-1-3-7-14)17-9-4-8-16-15(17)10-11-18(16)24-20-21-12-5-13-22-20/h1-9,12-13,18H,10-11H2,(H,23,25)(H,21,22,24)/t18-/m0/s1. The van der Waals surface area contributed by atoms with Crippen LogP contribution in [0.5, 0.6) is 0 Å². The summed E-state index contributed by atoms with van der Waals surface area (Å²) in [7, 11) is 0. The van der Waals surface area contributed by atoms with Gasteiger partial charge in [-0.05, 0) is 48.2 Å². The van der Waals surface area contributed by atoms with Crippen LogP contribution in [0.15, 0.2) is 67.0 Å². The van der Waals surface area contributed by atoms with Crippen molar-refractivity contribution in [1.82, 2.24) is 9.97 Å². The molecule has 3 aromatic rings. The summed E-state index contributed by atoms with van der Waals surface area (Å²) in [5.74, 6) is 0.541. The molecule has 1 amide bonds. The maximum Gasteiger partial charge on any atom is 0.255 e. The number of carbonyl (C=O) groups is 1. The summed E-state index contributed by atoms with van der Waals surface area (Å²) >= 11 is 0. The van der Waals surface area contributed by atoms with Crippen LogP contribution in [0.1, 0.15) is 33.9 Å². The smallest absolute Gasteiger partial charge is 0.255 e. The van der Waals surface area contributed by atoms with E-state index in [0.717, 1.165) is 35.2 Å². The first-order valence-electron chi connectivity index (χ1n) is 8.33. The molecule has 1 aliphatic rings. The van der Waals surface area contributed by atoms with Gasteiger partial charge in [0.25, 0.3) is 5.91 Å². The molecule has 0 radical (unpaired) electrons. The summed E-state index contributed by atoms with van der Waals surface area (Å²) in [6.45, 7) is 0. The molecule has 0 bridgehead atoms. The van der Waals surface area contributed by atoms with E-state index >= 15 is 0 Å². The molecule has 0 fully saturated rings. The summed E-state index contributed by atoms with van der Waals surface area (Å²) in [5.41, 5.74) is 3.78. The zero-order valence-electron chi connectivity index (χ0n) is 13.6. The van der Waals surface area contributed by atoms with Crippen molar-refractivity contribution in [2.24, 2.45) is 0 Å². The molecule has 5 nitrogen and oxygen atoms in total. The van der Waals surface area contributed by atoms with Crippen molar-refractivity contribution in [3.8, 4) is 0 Å². The number of nitrogens with one attached hydrogen (secondary N) is 2. The second-order valence-electron chi connectivity index (χ2n) is 6.00. The first kappa shape index (κ1) is 15.3. The van der Waals surface area contributed by atoms with E-state index in [1.165, 1.54) is 0 Å². The Kier molecular flexibility index (Phi) is 4.12. The van der Waals surface area contributed by atoms with Crippen LogP contribution in [0.2, 0.25) is 0 Å². The molecule has 0 aliphatic heterocycles. The SMILES string of the molecule is O=C(Nc1ccccc1)c1cccc2c1CC[C@@H]2Nc1ncccn1. The molecule has 124 valence electrons. The lowest BCUT2D eigenvalue weighted by molar-refractivity contribution is 0.102. The van der Waals surface area contributed by atoms with E-state index in [-0.39, 0.29) is 11.9 Å². The summed E-state index contributed by atoms with van der Waals surface area (Å²) in [6, 6.07) is 17.3. The number of anilines is 2. The third-order valence-electron chi connectivity index (χ3n) is 4.42. The molecule has 1 aliphatic carbocycles. The lowest BCUT2D eigenvalue weighted by Crippen LogP contribution is -2.15. The number of para-hydroxylation sites is 1. The Bertz CT molecular complexity index is 881. The topological polar surface area (TPSA) is 66.9 Å². The predicted octanol–water partition coefficient (Wildman–Crippen LogP) is 3.83. The van der Waals surface area contributed by atoms with Crippen LogP contribution in [-0.2, 0) is 6.42 Å². The van der Waals surface area contributed by atoms with Gasteiger partial charge in [-0.15, -0.1) is 0 Å². The van der Waals surface area contributed by atoms with Gasteiger partial charge in [0.05, 0.1) is 6.04 Å². The number of rotatable bonds is 4. The van der Waals surface area contributed by atoms with E-state index in [9.17, 15) is 4.79 Å². The van der Waals surface area contributed by atoms with Gasteiger partial charge < -0.3 is 10.6 Å². The van der Waals surface area contributed by atoms with Crippen molar-refractivity contribution < 1.29 is 4.79 Å². The molecule has 25 heavy (non-hydrogen) atoms. The van der Waals surface area contributed by atoms with Crippen LogP contribution in [-0.4, -0.2) is 15.9 Å². The Morgan fingerprint density at radius 1 is 0.960 bits per heavy atom. The second-order valence-corrected chi connectivity index (χ2v) is 6.00. The van der Waals surface area contributed by atoms with Crippen molar-refractivity contribution in [3.63, 3.8) is 0 Å². The van der Waals surface area contributed by atoms with Gasteiger partial charge in [0.2, 0.25) is 5.95 Å². The van der Waals surface area contributed by atoms with Crippen LogP contribution in [0.4, 0.5) is 11.6 Å². The average Bonchev–Trinajstić information content (AvgIpc) is 3.06. The van der Waals surface area contributed by atoms with Crippen molar-refractivity contribution >= 4 is 17.5 Å². The molecule has 2 N–H and O–H groups in total. The Morgan fingerprint density at radius 3 is 2.56 bits per heavy atom. The van der Waals surface area contributed by atoms with Crippen LogP contribution in [0.3, 0.4) is 0 Å². The maximum atomic E-state index is 12.7. The van der Waals surface area contributed by atoms with Crippen molar-refractivity contribution in [1.29, 1.82) is 0 Å². The minimum atomic E-state index is -0.0698. The number of hydrogen-bond acceptors (Lipinski definition) is 4. The highest BCUT2D eigenvalue weighted by molar-refractivity contribution is 6.05. The molecule has 0 spiro atoms. The van der Waals surface area contributed by atoms with E-state index in [1.54, 1.807) is 18.5 Å². The van der Waals surface area contributed by atoms with Gasteiger partial charge >= 0.3 is 0 Å². The molecule has 5 heteroatoms. The molecule has 2 aromatic carbocycles. The lowest BCUT2D eigenvalue weighted by atomic mass is 10.0. The molecule has 0 saturated heterocycles. The van der Waals surface area contributed by atoms with Gasteiger partial charge in [-0.25, -0.2) is 9.97 Å². The molecule has 1 atom stereocenters. The van der Waals surface area contributed by atoms with Gasteiger partial charge in [-0.1, -0.05) is 30.3 Å². The predicted molar refractivity (Wildman–Crippen MR) is 97.6 cm³/mol. The zero-order chi connectivity index (χ0) is 17.1. The van der Waals surface area contributed by atoms with Crippen molar-refractivity contribution in [2.45, 2.75) is 18.9 Å². The number of benzene rings is 2. The fraction of sp³-hybridized carbons (Fsp3) is 0.150. The molecule has 1 aromatic heterocycles. The van der Waals surface area contributed by atoms with Crippen LogP contribution >= 0.6 is 0 Å². The lowest BCUT2D eigenvalue weighted by Gasteiger charge is -2.14. The van der Waals surface area contributed by atoms with Crippen molar-refractivity contribution in [2.75, 3.05) is 10.6 Å². The van der Waals surface area contributed by atoms with E-state index < -0.39 is 0 Å². The first-order chi connectivity index (χ1) is 12.3. The number of aromatic nitrogens is 2. The van der Waals surface area contributed by atoms with Gasteiger partial charge in [0.1, 0.15) is 0 Å². The molecule has 0 saturated carbocycles. The van der Waals surface area contributed by atoms with Gasteiger partial charge in [-0.2, -0.15) is 0 Å². The fourth-order valence-electron chi connectivity index (χ4n) is 3.27. The average molecular weight is 330 g/mol. The Morgan fingerprint density at radius 2 is 1.76 bits per heavy atom. The summed E-state index contributed by atoms with van der Waals surface area (Å²) in [6.07, 6.45) is 5.21. The van der Waals surface area contributed by atoms with Crippen LogP contribution in [0.25, 0.3) is 0 Å². The first-order valence-corrected chi connectivity index (χ1v) is 8.33. The third-order valence-corrected chi connectivity index (χ3v) is 4.42. The number of nitrogens with zero attached hydrogens (tertiary/aromatic N) is 2. The Labute approximate surface area is 146 Å². The van der Waals surface area contributed by atoms with Crippen LogP contribution in [0, 0.1) is 0 Å². The quantitative estimate of drug-likeness (QED) is 0.763. The largest absolute Gasteiger partial charge is 0.347 e. The van der Waals surface area contributed by atoms with E-state index in [2.05, 4.69) is 26.7 Å².